The van der Waals surface area contributed by atoms with E-state index in [-0.39, 0.29) is 17.9 Å². The number of rotatable bonds is 2. The summed E-state index contributed by atoms with van der Waals surface area (Å²) in [5.74, 6) is -0.976. The molecule has 0 aromatic heterocycles. The van der Waals surface area contributed by atoms with Gasteiger partial charge in [0.05, 0.1) is 12.1 Å². The van der Waals surface area contributed by atoms with Crippen LogP contribution in [0, 0.1) is 17.3 Å². The van der Waals surface area contributed by atoms with Crippen LogP contribution in [0.5, 0.6) is 0 Å². The standard InChI is InChI=1S/C20H15BrFN3O3/c21-12-5-6-14(16(22)9-12)17(26)18(24-11-23)25-8-7-20(10-25)15-4-2-1-3-13(15)19(27)28-20/h1-6,9,17,26H,7-8,10H2/b24-18-. The van der Waals surface area contributed by atoms with Crippen LogP contribution in [0.3, 0.4) is 0 Å². The maximum atomic E-state index is 14.3. The fourth-order valence-corrected chi connectivity index (χ4v) is 4.18. The summed E-state index contributed by atoms with van der Waals surface area (Å²) < 4.78 is 20.5. The van der Waals surface area contributed by atoms with Crippen molar-refractivity contribution in [2.75, 3.05) is 13.1 Å². The van der Waals surface area contributed by atoms with Gasteiger partial charge in [0, 0.05) is 28.6 Å². The van der Waals surface area contributed by atoms with Gasteiger partial charge in [-0.05, 0) is 18.2 Å². The summed E-state index contributed by atoms with van der Waals surface area (Å²) in [5, 5.41) is 19.8. The van der Waals surface area contributed by atoms with Crippen molar-refractivity contribution in [1.82, 2.24) is 4.90 Å². The van der Waals surface area contributed by atoms with Gasteiger partial charge in [0.1, 0.15) is 11.9 Å². The summed E-state index contributed by atoms with van der Waals surface area (Å²) in [4.78, 5) is 17.7. The Hall–Kier alpha value is -2.76. The van der Waals surface area contributed by atoms with E-state index < -0.39 is 23.5 Å². The van der Waals surface area contributed by atoms with Crippen LogP contribution in [0.1, 0.15) is 34.0 Å². The highest BCUT2D eigenvalue weighted by atomic mass is 79.9. The van der Waals surface area contributed by atoms with E-state index in [1.807, 2.05) is 12.1 Å². The first-order valence-corrected chi connectivity index (χ1v) is 9.42. The predicted octanol–water partition coefficient (Wildman–Crippen LogP) is 3.27. The smallest absolute Gasteiger partial charge is 0.339 e. The second kappa shape index (κ2) is 7.00. The van der Waals surface area contributed by atoms with Crippen molar-refractivity contribution < 1.29 is 19.0 Å². The zero-order valence-corrected chi connectivity index (χ0v) is 16.2. The van der Waals surface area contributed by atoms with E-state index in [9.17, 15) is 14.3 Å². The summed E-state index contributed by atoms with van der Waals surface area (Å²) in [6, 6.07) is 11.4. The number of esters is 1. The molecule has 1 N–H and O–H groups in total. The topological polar surface area (TPSA) is 85.9 Å². The molecular formula is C20H15BrFN3O3. The van der Waals surface area contributed by atoms with Crippen LogP contribution in [0.15, 0.2) is 51.9 Å². The fourth-order valence-electron chi connectivity index (χ4n) is 3.84. The molecule has 1 saturated heterocycles. The molecular weight excluding hydrogens is 429 g/mol. The number of carbonyl (C=O) groups is 1. The lowest BCUT2D eigenvalue weighted by Gasteiger charge is -2.27. The number of carbonyl (C=O) groups excluding carboxylic acids is 1. The molecule has 2 atom stereocenters. The van der Waals surface area contributed by atoms with E-state index in [0.29, 0.717) is 23.0 Å². The first kappa shape index (κ1) is 18.6. The zero-order valence-electron chi connectivity index (χ0n) is 14.6. The minimum absolute atomic E-state index is 0.0157. The highest BCUT2D eigenvalue weighted by molar-refractivity contribution is 9.10. The van der Waals surface area contributed by atoms with Crippen LogP contribution in [-0.4, -0.2) is 34.9 Å². The maximum absolute atomic E-state index is 14.3. The Labute approximate surface area is 169 Å². The van der Waals surface area contributed by atoms with E-state index in [1.54, 1.807) is 29.3 Å². The average molecular weight is 444 g/mol. The minimum Gasteiger partial charge on any atom is -0.449 e. The number of amidine groups is 1. The number of hydrogen-bond acceptors (Lipinski definition) is 5. The Kier molecular flexibility index (Phi) is 4.65. The van der Waals surface area contributed by atoms with Crippen molar-refractivity contribution in [2.45, 2.75) is 18.1 Å². The van der Waals surface area contributed by atoms with Gasteiger partial charge in [0.15, 0.2) is 11.4 Å². The molecule has 2 heterocycles. The van der Waals surface area contributed by atoms with E-state index in [2.05, 4.69) is 20.9 Å². The summed E-state index contributed by atoms with van der Waals surface area (Å²) >= 11 is 3.18. The Morgan fingerprint density at radius 1 is 1.39 bits per heavy atom. The van der Waals surface area contributed by atoms with Gasteiger partial charge in [-0.2, -0.15) is 10.3 Å². The third-order valence-corrected chi connectivity index (χ3v) is 5.64. The quantitative estimate of drug-likeness (QED) is 0.333. The Bertz CT molecular complexity index is 1040. The lowest BCUT2D eigenvalue weighted by atomic mass is 9.91. The number of fused-ring (bicyclic) bond motifs is 2. The van der Waals surface area contributed by atoms with Gasteiger partial charge in [-0.3, -0.25) is 0 Å². The maximum Gasteiger partial charge on any atom is 0.339 e. The molecule has 2 aliphatic rings. The number of hydrogen-bond donors (Lipinski definition) is 1. The molecule has 0 saturated carbocycles. The van der Waals surface area contributed by atoms with Gasteiger partial charge in [0.25, 0.3) is 0 Å². The van der Waals surface area contributed by atoms with Gasteiger partial charge < -0.3 is 14.7 Å². The summed E-state index contributed by atoms with van der Waals surface area (Å²) in [5.41, 5.74) is 0.453. The zero-order chi connectivity index (χ0) is 19.9. The Balaban J connectivity index is 1.66. The molecule has 0 radical (unpaired) electrons. The Morgan fingerprint density at radius 3 is 2.93 bits per heavy atom. The van der Waals surface area contributed by atoms with Crippen molar-refractivity contribution in [3.05, 3.63) is 69.4 Å². The number of halogens is 2. The monoisotopic (exact) mass is 443 g/mol. The molecule has 28 heavy (non-hydrogen) atoms. The molecule has 6 nitrogen and oxygen atoms in total. The SMILES string of the molecule is N#C/N=C(/C(O)c1ccc(Br)cc1F)N1CCC2(C1)OC(=O)c1ccccc12. The van der Waals surface area contributed by atoms with Crippen LogP contribution in [-0.2, 0) is 10.3 Å². The van der Waals surface area contributed by atoms with Gasteiger partial charge in [-0.1, -0.05) is 40.2 Å². The number of aliphatic imine (C=N–C) groups is 1. The number of ether oxygens (including phenoxy) is 1. The van der Waals surface area contributed by atoms with Gasteiger partial charge >= 0.3 is 5.97 Å². The number of nitrogens with zero attached hydrogens (tertiary/aromatic N) is 3. The van der Waals surface area contributed by atoms with E-state index in [1.165, 1.54) is 12.1 Å². The fraction of sp³-hybridized carbons (Fsp3) is 0.250. The Morgan fingerprint density at radius 2 is 2.18 bits per heavy atom. The van der Waals surface area contributed by atoms with E-state index in [0.717, 1.165) is 5.56 Å². The van der Waals surface area contributed by atoms with Crippen LogP contribution >= 0.6 is 15.9 Å². The molecule has 0 amide bonds. The first-order valence-electron chi connectivity index (χ1n) is 8.63. The second-order valence-electron chi connectivity index (χ2n) is 6.74. The number of aliphatic hydroxyl groups is 1. The molecule has 2 unspecified atom stereocenters. The molecule has 142 valence electrons. The molecule has 4 rings (SSSR count). The van der Waals surface area contributed by atoms with Crippen molar-refractivity contribution in [3.8, 4) is 6.19 Å². The molecule has 2 aliphatic heterocycles. The van der Waals surface area contributed by atoms with Gasteiger partial charge in [-0.15, -0.1) is 0 Å². The largest absolute Gasteiger partial charge is 0.449 e. The highest BCUT2D eigenvalue weighted by Gasteiger charge is 2.51. The molecule has 2 aromatic carbocycles. The van der Waals surface area contributed by atoms with Crippen LogP contribution < -0.4 is 0 Å². The molecule has 8 heteroatoms. The van der Waals surface area contributed by atoms with Crippen LogP contribution in [0.4, 0.5) is 4.39 Å². The number of likely N-dealkylation sites (tertiary alicyclic amines) is 1. The third-order valence-electron chi connectivity index (χ3n) is 5.15. The molecule has 0 bridgehead atoms. The highest BCUT2D eigenvalue weighted by Crippen LogP contribution is 2.44. The van der Waals surface area contributed by atoms with Crippen LogP contribution in [0.2, 0.25) is 0 Å². The third kappa shape index (κ3) is 2.97. The number of benzene rings is 2. The van der Waals surface area contributed by atoms with Gasteiger partial charge in [-0.25, -0.2) is 9.18 Å². The molecule has 2 aromatic rings. The lowest BCUT2D eigenvalue weighted by Crippen LogP contribution is -2.37. The summed E-state index contributed by atoms with van der Waals surface area (Å²) in [6.07, 6.45) is 0.741. The first-order chi connectivity index (χ1) is 13.4. The number of aliphatic hydroxyl groups excluding tert-OH is 1. The van der Waals surface area contributed by atoms with Crippen LogP contribution in [0.25, 0.3) is 0 Å². The normalized spacial score (nSPS) is 22.1. The number of nitriles is 1. The second-order valence-corrected chi connectivity index (χ2v) is 7.65. The van der Waals surface area contributed by atoms with E-state index in [4.69, 9.17) is 10.00 Å². The van der Waals surface area contributed by atoms with E-state index >= 15 is 0 Å². The predicted molar refractivity (Wildman–Crippen MR) is 102 cm³/mol. The van der Waals surface area contributed by atoms with Gasteiger partial charge in [0.2, 0.25) is 6.19 Å². The summed E-state index contributed by atoms with van der Waals surface area (Å²) in [7, 11) is 0. The molecule has 1 fully saturated rings. The lowest BCUT2D eigenvalue weighted by molar-refractivity contribution is -0.00124. The van der Waals surface area contributed by atoms with Crippen molar-refractivity contribution in [3.63, 3.8) is 0 Å². The van der Waals surface area contributed by atoms with Crippen molar-refractivity contribution in [2.24, 2.45) is 4.99 Å². The average Bonchev–Trinajstić information content (AvgIpc) is 3.21. The minimum atomic E-state index is -1.42. The molecule has 1 spiro atoms. The van der Waals surface area contributed by atoms with Crippen molar-refractivity contribution in [1.29, 1.82) is 5.26 Å². The van der Waals surface area contributed by atoms with Crippen molar-refractivity contribution >= 4 is 27.7 Å². The summed E-state index contributed by atoms with van der Waals surface area (Å²) in [6.45, 7) is 0.628. The molecule has 0 aliphatic carbocycles.